The van der Waals surface area contributed by atoms with E-state index in [0.717, 1.165) is 42.9 Å². The Hall–Kier alpha value is -1.06. The maximum Gasteiger partial charge on any atom is 0.306 e. The number of carbonyl (C=O) groups is 2. The third kappa shape index (κ3) is 4.94. The third-order valence-electron chi connectivity index (χ3n) is 10.9. The van der Waals surface area contributed by atoms with Gasteiger partial charge in [-0.2, -0.15) is 0 Å². The van der Waals surface area contributed by atoms with Crippen LogP contribution in [0.5, 0.6) is 0 Å². The minimum Gasteiger partial charge on any atom is -0.463 e. The molecule has 0 bridgehead atoms. The largest absolute Gasteiger partial charge is 0.463 e. The lowest BCUT2D eigenvalue weighted by atomic mass is 9.44. The highest BCUT2D eigenvalue weighted by Gasteiger charge is 2.60. The summed E-state index contributed by atoms with van der Waals surface area (Å²) >= 11 is 0. The molecule has 194 valence electrons. The molecule has 0 aliphatic heterocycles. The van der Waals surface area contributed by atoms with E-state index >= 15 is 0 Å². The van der Waals surface area contributed by atoms with Crippen LogP contribution in [0.2, 0.25) is 0 Å². The lowest BCUT2D eigenvalue weighted by molar-refractivity contribution is -0.160. The van der Waals surface area contributed by atoms with Crippen LogP contribution in [-0.4, -0.2) is 23.6 Å². The molecule has 0 amide bonds. The molecule has 4 heteroatoms. The predicted molar refractivity (Wildman–Crippen MR) is 135 cm³/mol. The van der Waals surface area contributed by atoms with Crippen LogP contribution in [-0.2, 0) is 19.1 Å². The first-order valence-electron chi connectivity index (χ1n) is 14.2. The highest BCUT2D eigenvalue weighted by molar-refractivity contribution is 5.69. The number of hydrogen-bond acceptors (Lipinski definition) is 4. The molecule has 0 spiro atoms. The fourth-order valence-electron chi connectivity index (χ4n) is 9.47. The van der Waals surface area contributed by atoms with Crippen molar-refractivity contribution < 1.29 is 19.1 Å². The standard InChI is InChI=1S/C30H50O4/c1-19(8-13-27(32)34-28(3,4)5)24-11-12-25-23-10-9-21-18-22(33-20(2)31)14-16-29(21,6)26(23)15-17-30(24,25)7/h19,21-26H,8-18H2,1-7H3. The molecule has 0 N–H and O–H groups in total. The second kappa shape index (κ2) is 9.43. The Balaban J connectivity index is 1.40. The summed E-state index contributed by atoms with van der Waals surface area (Å²) in [4.78, 5) is 23.9. The van der Waals surface area contributed by atoms with Gasteiger partial charge in [-0.25, -0.2) is 0 Å². The summed E-state index contributed by atoms with van der Waals surface area (Å²) in [7, 11) is 0. The average Bonchev–Trinajstić information content (AvgIpc) is 3.08. The summed E-state index contributed by atoms with van der Waals surface area (Å²) in [6.45, 7) is 15.0. The van der Waals surface area contributed by atoms with E-state index in [2.05, 4.69) is 20.8 Å². The maximum atomic E-state index is 12.3. The molecule has 4 aliphatic rings. The Labute approximate surface area is 208 Å². The molecular weight excluding hydrogens is 424 g/mol. The number of carbonyl (C=O) groups excluding carboxylic acids is 2. The van der Waals surface area contributed by atoms with E-state index in [1.807, 2.05) is 20.8 Å². The topological polar surface area (TPSA) is 52.6 Å². The van der Waals surface area contributed by atoms with Crippen molar-refractivity contribution in [3.8, 4) is 0 Å². The van der Waals surface area contributed by atoms with Gasteiger partial charge in [-0.3, -0.25) is 9.59 Å². The van der Waals surface area contributed by atoms with E-state index in [-0.39, 0.29) is 18.0 Å². The van der Waals surface area contributed by atoms with Crippen LogP contribution in [0.15, 0.2) is 0 Å². The van der Waals surface area contributed by atoms with Crippen molar-refractivity contribution in [2.75, 3.05) is 0 Å². The fourth-order valence-corrected chi connectivity index (χ4v) is 9.47. The molecule has 0 radical (unpaired) electrons. The zero-order chi connectivity index (χ0) is 24.9. The predicted octanol–water partition coefficient (Wildman–Crippen LogP) is 7.34. The Morgan fingerprint density at radius 3 is 2.29 bits per heavy atom. The van der Waals surface area contributed by atoms with Gasteiger partial charge in [-0.05, 0) is 131 Å². The van der Waals surface area contributed by atoms with Crippen LogP contribution in [0, 0.1) is 46.3 Å². The quantitative estimate of drug-likeness (QED) is 0.391. The second-order valence-corrected chi connectivity index (χ2v) is 14.0. The Morgan fingerprint density at radius 1 is 0.941 bits per heavy atom. The number of esters is 2. The van der Waals surface area contributed by atoms with Gasteiger partial charge in [0.05, 0.1) is 0 Å². The molecule has 0 aromatic rings. The van der Waals surface area contributed by atoms with Gasteiger partial charge in [0.1, 0.15) is 11.7 Å². The van der Waals surface area contributed by atoms with Gasteiger partial charge >= 0.3 is 11.9 Å². The van der Waals surface area contributed by atoms with Gasteiger partial charge in [0.2, 0.25) is 0 Å². The van der Waals surface area contributed by atoms with Crippen LogP contribution in [0.25, 0.3) is 0 Å². The van der Waals surface area contributed by atoms with Crippen molar-refractivity contribution in [1.82, 2.24) is 0 Å². The Bertz CT molecular complexity index is 768. The van der Waals surface area contributed by atoms with Crippen LogP contribution >= 0.6 is 0 Å². The Morgan fingerprint density at radius 2 is 1.62 bits per heavy atom. The molecule has 9 unspecified atom stereocenters. The van der Waals surface area contributed by atoms with Gasteiger partial charge in [0.25, 0.3) is 0 Å². The van der Waals surface area contributed by atoms with Crippen molar-refractivity contribution in [3.05, 3.63) is 0 Å². The number of rotatable bonds is 5. The van der Waals surface area contributed by atoms with E-state index in [1.165, 1.54) is 44.9 Å². The maximum absolute atomic E-state index is 12.3. The van der Waals surface area contributed by atoms with Crippen molar-refractivity contribution in [3.63, 3.8) is 0 Å². The first-order chi connectivity index (χ1) is 15.8. The third-order valence-corrected chi connectivity index (χ3v) is 10.9. The van der Waals surface area contributed by atoms with Gasteiger partial charge in [-0.15, -0.1) is 0 Å². The van der Waals surface area contributed by atoms with Crippen LogP contribution in [0.1, 0.15) is 119 Å². The highest BCUT2D eigenvalue weighted by Crippen LogP contribution is 2.68. The monoisotopic (exact) mass is 474 g/mol. The van der Waals surface area contributed by atoms with Crippen LogP contribution in [0.4, 0.5) is 0 Å². The normalized spacial score (nSPS) is 42.7. The second-order valence-electron chi connectivity index (χ2n) is 14.0. The summed E-state index contributed by atoms with van der Waals surface area (Å²) in [5.41, 5.74) is 0.448. The summed E-state index contributed by atoms with van der Waals surface area (Å²) in [6.07, 6.45) is 13.0. The van der Waals surface area contributed by atoms with Crippen molar-refractivity contribution in [2.45, 2.75) is 131 Å². The zero-order valence-electron chi connectivity index (χ0n) is 23.0. The molecule has 0 aromatic carbocycles. The number of fused-ring (bicyclic) bond motifs is 5. The summed E-state index contributed by atoms with van der Waals surface area (Å²) < 4.78 is 11.2. The summed E-state index contributed by atoms with van der Waals surface area (Å²) in [6, 6.07) is 0. The van der Waals surface area contributed by atoms with Crippen molar-refractivity contribution >= 4 is 11.9 Å². The molecule has 0 aromatic heterocycles. The van der Waals surface area contributed by atoms with E-state index in [0.29, 0.717) is 29.1 Å². The summed E-state index contributed by atoms with van der Waals surface area (Å²) in [5.74, 6) is 4.38. The number of ether oxygens (including phenoxy) is 2. The molecule has 4 rings (SSSR count). The molecule has 4 nitrogen and oxygen atoms in total. The van der Waals surface area contributed by atoms with Crippen LogP contribution in [0.3, 0.4) is 0 Å². The van der Waals surface area contributed by atoms with Crippen molar-refractivity contribution in [2.24, 2.45) is 46.3 Å². The van der Waals surface area contributed by atoms with Gasteiger partial charge in [0, 0.05) is 13.3 Å². The molecule has 34 heavy (non-hydrogen) atoms. The first kappa shape index (κ1) is 26.0. The average molecular weight is 475 g/mol. The lowest BCUT2D eigenvalue weighted by Crippen LogP contribution is -2.54. The van der Waals surface area contributed by atoms with Gasteiger partial charge < -0.3 is 9.47 Å². The molecular formula is C30H50O4. The Kier molecular flexibility index (Phi) is 7.22. The van der Waals surface area contributed by atoms with E-state index in [4.69, 9.17) is 9.47 Å². The highest BCUT2D eigenvalue weighted by atomic mass is 16.6. The molecule has 0 saturated heterocycles. The lowest BCUT2D eigenvalue weighted by Gasteiger charge is -2.61. The number of hydrogen-bond donors (Lipinski definition) is 0. The van der Waals surface area contributed by atoms with Gasteiger partial charge in [0.15, 0.2) is 0 Å². The molecule has 4 fully saturated rings. The molecule has 4 aliphatic carbocycles. The molecule has 9 atom stereocenters. The van der Waals surface area contributed by atoms with Gasteiger partial charge in [-0.1, -0.05) is 20.8 Å². The van der Waals surface area contributed by atoms with E-state index < -0.39 is 5.60 Å². The van der Waals surface area contributed by atoms with E-state index in [1.54, 1.807) is 6.92 Å². The van der Waals surface area contributed by atoms with E-state index in [9.17, 15) is 9.59 Å². The zero-order valence-corrected chi connectivity index (χ0v) is 23.0. The van der Waals surface area contributed by atoms with Crippen molar-refractivity contribution in [1.29, 1.82) is 0 Å². The minimum absolute atomic E-state index is 0.0432. The molecule has 0 heterocycles. The fraction of sp³-hybridized carbons (Fsp3) is 0.933. The minimum atomic E-state index is -0.393. The smallest absolute Gasteiger partial charge is 0.306 e. The first-order valence-corrected chi connectivity index (χ1v) is 14.2. The van der Waals surface area contributed by atoms with Crippen LogP contribution < -0.4 is 0 Å². The summed E-state index contributed by atoms with van der Waals surface area (Å²) in [5, 5.41) is 0. The molecule has 4 saturated carbocycles. The SMILES string of the molecule is CC(=O)OC1CCC2(C)C(CCC3C2CCC2(C)C(C(C)CCC(=O)OC(C)(C)C)CCC32)C1.